The van der Waals surface area contributed by atoms with E-state index in [-0.39, 0.29) is 30.2 Å². The third kappa shape index (κ3) is 6.24. The van der Waals surface area contributed by atoms with Crippen molar-refractivity contribution in [1.29, 1.82) is 0 Å². The molecule has 0 amide bonds. The van der Waals surface area contributed by atoms with Gasteiger partial charge in [-0.2, -0.15) is 0 Å². The number of halogens is 2. The van der Waals surface area contributed by atoms with Crippen LogP contribution in [0.25, 0.3) is 0 Å². The summed E-state index contributed by atoms with van der Waals surface area (Å²) in [4.78, 5) is 4.38. The van der Waals surface area contributed by atoms with Crippen LogP contribution in [-0.4, -0.2) is 47.1 Å². The molecule has 3 N–H and O–H groups in total. The Morgan fingerprint density at radius 2 is 1.81 bits per heavy atom. The number of aliphatic hydroxyl groups is 2. The Kier molecular flexibility index (Phi) is 9.62. The fourth-order valence-corrected chi connectivity index (χ4v) is 4.14. The maximum atomic E-state index is 10.0. The zero-order valence-corrected chi connectivity index (χ0v) is 17.0. The summed E-state index contributed by atoms with van der Waals surface area (Å²) in [5, 5.41) is 23.6. The molecule has 7 heteroatoms. The highest BCUT2D eigenvalue weighted by Crippen LogP contribution is 2.38. The van der Waals surface area contributed by atoms with Crippen LogP contribution in [0.5, 0.6) is 5.88 Å². The highest BCUT2D eigenvalue weighted by Gasteiger charge is 2.44. The first-order valence-corrected chi connectivity index (χ1v) is 9.20. The quantitative estimate of drug-likeness (QED) is 0.648. The van der Waals surface area contributed by atoms with Gasteiger partial charge in [-0.1, -0.05) is 18.9 Å². The number of nitrogens with one attached hydrogen (secondary N) is 1. The minimum absolute atomic E-state index is 0. The Morgan fingerprint density at radius 3 is 2.42 bits per heavy atom. The lowest BCUT2D eigenvalue weighted by Gasteiger charge is -2.29. The molecule has 1 unspecified atom stereocenters. The van der Waals surface area contributed by atoms with Crippen molar-refractivity contribution in [3.05, 3.63) is 23.9 Å². The smallest absolute Gasteiger partial charge is 0.213 e. The first-order chi connectivity index (χ1) is 11.6. The van der Waals surface area contributed by atoms with Crippen LogP contribution in [0.15, 0.2) is 18.2 Å². The van der Waals surface area contributed by atoms with Gasteiger partial charge in [-0.25, -0.2) is 4.98 Å². The van der Waals surface area contributed by atoms with Gasteiger partial charge in [0.15, 0.2) is 0 Å². The average Bonchev–Trinajstić information content (AvgIpc) is 3.15. The van der Waals surface area contributed by atoms with Gasteiger partial charge >= 0.3 is 0 Å². The number of aliphatic hydroxyl groups excluding tert-OH is 2. The molecule has 3 rings (SSSR count). The highest BCUT2D eigenvalue weighted by atomic mass is 35.5. The molecule has 2 aliphatic rings. The van der Waals surface area contributed by atoms with Gasteiger partial charge in [0.2, 0.25) is 5.88 Å². The van der Waals surface area contributed by atoms with Crippen molar-refractivity contribution in [2.45, 2.75) is 57.7 Å². The van der Waals surface area contributed by atoms with E-state index in [1.54, 1.807) is 0 Å². The number of nitrogens with zero attached hydrogens (tertiary/aromatic N) is 1. The lowest BCUT2D eigenvalue weighted by atomic mass is 9.86. The SMILES string of the molecule is Cc1cccc(OCC2(CNCC3CCCC3)C[C@@H](O)[C@@H](O)C2)n1.Cl.Cl. The Labute approximate surface area is 168 Å². The summed E-state index contributed by atoms with van der Waals surface area (Å²) in [5.41, 5.74) is 0.690. The van der Waals surface area contributed by atoms with Gasteiger partial charge < -0.3 is 20.3 Å². The number of rotatable bonds is 7. The molecule has 5 nitrogen and oxygen atoms in total. The van der Waals surface area contributed by atoms with E-state index in [1.807, 2.05) is 25.1 Å². The normalized spacial score (nSPS) is 28.4. The fraction of sp³-hybridized carbons (Fsp3) is 0.737. The first-order valence-electron chi connectivity index (χ1n) is 9.20. The van der Waals surface area contributed by atoms with E-state index < -0.39 is 12.2 Å². The standard InChI is InChI=1S/C19H30N2O3.2ClH/c1-14-5-4-8-18(21-14)24-13-19(9-16(22)17(23)10-19)12-20-11-15-6-2-3-7-15;;/h4-5,8,15-17,20,22-23H,2-3,6-7,9-13H2,1H3;2*1H/t16-,17+,19?;;. The molecule has 3 atom stereocenters. The minimum atomic E-state index is -0.660. The van der Waals surface area contributed by atoms with Gasteiger partial charge in [0.05, 0.1) is 18.8 Å². The molecule has 26 heavy (non-hydrogen) atoms. The molecule has 2 aliphatic carbocycles. The van der Waals surface area contributed by atoms with Crippen LogP contribution in [0.2, 0.25) is 0 Å². The fourth-order valence-electron chi connectivity index (χ4n) is 4.14. The van der Waals surface area contributed by atoms with Crippen molar-refractivity contribution >= 4 is 24.8 Å². The molecule has 0 radical (unpaired) electrons. The van der Waals surface area contributed by atoms with Gasteiger partial charge in [0.1, 0.15) is 0 Å². The van der Waals surface area contributed by atoms with Crippen LogP contribution in [0, 0.1) is 18.3 Å². The molecule has 0 bridgehead atoms. The van der Waals surface area contributed by atoms with E-state index in [9.17, 15) is 10.2 Å². The predicted molar refractivity (Wildman–Crippen MR) is 107 cm³/mol. The van der Waals surface area contributed by atoms with Crippen LogP contribution in [0.4, 0.5) is 0 Å². The van der Waals surface area contributed by atoms with Crippen LogP contribution < -0.4 is 10.1 Å². The molecule has 0 aliphatic heterocycles. The lowest BCUT2D eigenvalue weighted by molar-refractivity contribution is 0.0438. The summed E-state index contributed by atoms with van der Waals surface area (Å²) >= 11 is 0. The Balaban J connectivity index is 0.00000169. The summed E-state index contributed by atoms with van der Waals surface area (Å²) in [6.07, 6.45) is 5.13. The number of aryl methyl sites for hydroxylation is 1. The van der Waals surface area contributed by atoms with E-state index in [0.29, 0.717) is 25.3 Å². The number of pyridine rings is 1. The van der Waals surface area contributed by atoms with Crippen molar-refractivity contribution in [3.8, 4) is 5.88 Å². The van der Waals surface area contributed by atoms with Gasteiger partial charge in [-0.3, -0.25) is 0 Å². The molecule has 0 aromatic carbocycles. The third-order valence-corrected chi connectivity index (χ3v) is 5.53. The Hall–Kier alpha value is -0.590. The average molecular weight is 407 g/mol. The van der Waals surface area contributed by atoms with Crippen LogP contribution >= 0.6 is 24.8 Å². The summed E-state index contributed by atoms with van der Waals surface area (Å²) in [6.45, 7) is 4.20. The number of ether oxygens (including phenoxy) is 1. The molecule has 0 spiro atoms. The summed E-state index contributed by atoms with van der Waals surface area (Å²) in [6, 6.07) is 5.73. The lowest BCUT2D eigenvalue weighted by Crippen LogP contribution is -2.39. The van der Waals surface area contributed by atoms with Gasteiger partial charge in [0.25, 0.3) is 0 Å². The van der Waals surface area contributed by atoms with E-state index in [4.69, 9.17) is 4.74 Å². The molecule has 2 fully saturated rings. The minimum Gasteiger partial charge on any atom is -0.477 e. The summed E-state index contributed by atoms with van der Waals surface area (Å²) in [7, 11) is 0. The van der Waals surface area contributed by atoms with Gasteiger partial charge in [0, 0.05) is 23.7 Å². The van der Waals surface area contributed by atoms with Crippen molar-refractivity contribution in [2.75, 3.05) is 19.7 Å². The largest absolute Gasteiger partial charge is 0.477 e. The third-order valence-electron chi connectivity index (χ3n) is 5.53. The molecule has 1 heterocycles. The molecule has 1 aromatic rings. The topological polar surface area (TPSA) is 74.6 Å². The summed E-state index contributed by atoms with van der Waals surface area (Å²) < 4.78 is 5.92. The summed E-state index contributed by atoms with van der Waals surface area (Å²) in [5.74, 6) is 1.39. The van der Waals surface area contributed by atoms with Crippen LogP contribution in [0.3, 0.4) is 0 Å². The van der Waals surface area contributed by atoms with Crippen LogP contribution in [0.1, 0.15) is 44.2 Å². The van der Waals surface area contributed by atoms with Gasteiger partial charge in [-0.15, -0.1) is 24.8 Å². The second-order valence-electron chi connectivity index (χ2n) is 7.73. The number of hydrogen-bond acceptors (Lipinski definition) is 5. The van der Waals surface area contributed by atoms with Crippen molar-refractivity contribution in [3.63, 3.8) is 0 Å². The van der Waals surface area contributed by atoms with E-state index >= 15 is 0 Å². The predicted octanol–water partition coefficient (Wildman–Crippen LogP) is 2.89. The zero-order valence-electron chi connectivity index (χ0n) is 15.4. The molecular formula is C19H32Cl2N2O3. The van der Waals surface area contributed by atoms with Crippen molar-refractivity contribution in [1.82, 2.24) is 10.3 Å². The Bertz CT molecular complexity index is 531. The zero-order chi connectivity index (χ0) is 17.0. The Morgan fingerprint density at radius 1 is 1.15 bits per heavy atom. The maximum Gasteiger partial charge on any atom is 0.213 e. The van der Waals surface area contributed by atoms with E-state index in [2.05, 4.69) is 10.3 Å². The molecule has 1 aromatic heterocycles. The first kappa shape index (κ1) is 23.4. The highest BCUT2D eigenvalue weighted by molar-refractivity contribution is 5.85. The maximum absolute atomic E-state index is 10.0. The van der Waals surface area contributed by atoms with E-state index in [0.717, 1.165) is 24.7 Å². The van der Waals surface area contributed by atoms with Gasteiger partial charge in [-0.05, 0) is 51.1 Å². The number of hydrogen-bond donors (Lipinski definition) is 3. The van der Waals surface area contributed by atoms with Crippen molar-refractivity contribution in [2.24, 2.45) is 11.3 Å². The van der Waals surface area contributed by atoms with Crippen LogP contribution in [-0.2, 0) is 0 Å². The monoisotopic (exact) mass is 406 g/mol. The molecule has 0 saturated heterocycles. The molecule has 150 valence electrons. The van der Waals surface area contributed by atoms with E-state index in [1.165, 1.54) is 25.7 Å². The van der Waals surface area contributed by atoms with Crippen molar-refractivity contribution < 1.29 is 14.9 Å². The molecule has 2 saturated carbocycles. The number of aromatic nitrogens is 1. The second-order valence-corrected chi connectivity index (χ2v) is 7.73. The second kappa shape index (κ2) is 10.7. The molecular weight excluding hydrogens is 375 g/mol.